The Hall–Kier alpha value is -2.23. The summed E-state index contributed by atoms with van der Waals surface area (Å²) in [7, 11) is 2.85. The molecule has 2 rings (SSSR count). The molecule has 10 heteroatoms. The summed E-state index contributed by atoms with van der Waals surface area (Å²) in [4.78, 5) is 24.9. The van der Waals surface area contributed by atoms with E-state index in [1.165, 1.54) is 19.2 Å². The smallest absolute Gasteiger partial charge is 0.337 e. The number of benzene rings is 1. The fourth-order valence-corrected chi connectivity index (χ4v) is 3.70. The van der Waals surface area contributed by atoms with E-state index in [0.717, 1.165) is 0 Å². The van der Waals surface area contributed by atoms with Gasteiger partial charge in [-0.15, -0.1) is 0 Å². The van der Waals surface area contributed by atoms with Gasteiger partial charge in [0.25, 0.3) is 5.69 Å². The Morgan fingerprint density at radius 1 is 1.48 bits per heavy atom. The highest BCUT2D eigenvalue weighted by Crippen LogP contribution is 2.35. The van der Waals surface area contributed by atoms with Crippen LogP contribution >= 0.6 is 23.8 Å². The molecule has 0 spiro atoms. The minimum Gasteiger partial charge on any atom is -0.466 e. The number of ether oxygens (including phenoxy) is 2. The first-order valence-corrected chi connectivity index (χ1v) is 8.83. The summed E-state index contributed by atoms with van der Waals surface area (Å²) in [6.45, 7) is 4.05. The zero-order valence-corrected chi connectivity index (χ0v) is 16.9. The summed E-state index contributed by atoms with van der Waals surface area (Å²) in [6, 6.07) is 3.53. The minimum absolute atomic E-state index is 0.0119. The van der Waals surface area contributed by atoms with Crippen LogP contribution in [0.4, 0.5) is 5.69 Å². The average Bonchev–Trinajstić information content (AvgIpc) is 2.61. The number of hydrogen-bond donors (Lipinski definition) is 1. The lowest BCUT2D eigenvalue weighted by Crippen LogP contribution is -2.52. The maximum absolute atomic E-state index is 12.5. The van der Waals surface area contributed by atoms with Crippen molar-refractivity contribution < 1.29 is 19.2 Å². The van der Waals surface area contributed by atoms with Gasteiger partial charge < -0.3 is 19.7 Å². The Labute approximate surface area is 167 Å². The van der Waals surface area contributed by atoms with Crippen molar-refractivity contribution in [1.29, 1.82) is 0 Å². The highest BCUT2D eigenvalue weighted by Gasteiger charge is 2.37. The van der Waals surface area contributed by atoms with Crippen molar-refractivity contribution in [3.05, 3.63) is 50.2 Å². The average molecular weight is 414 g/mol. The number of nitrogens with zero attached hydrogens (tertiary/aromatic N) is 2. The fourth-order valence-electron chi connectivity index (χ4n) is 3.08. The van der Waals surface area contributed by atoms with Crippen LogP contribution in [0.5, 0.6) is 0 Å². The van der Waals surface area contributed by atoms with Crippen molar-refractivity contribution in [1.82, 2.24) is 10.2 Å². The van der Waals surface area contributed by atoms with Gasteiger partial charge in [0.2, 0.25) is 0 Å². The van der Waals surface area contributed by atoms with E-state index in [-0.39, 0.29) is 16.8 Å². The van der Waals surface area contributed by atoms with E-state index in [1.807, 2.05) is 6.92 Å². The van der Waals surface area contributed by atoms with Gasteiger partial charge in [0.15, 0.2) is 5.11 Å². The molecule has 8 nitrogen and oxygen atoms in total. The molecule has 27 heavy (non-hydrogen) atoms. The number of methoxy groups -OCH3 is 2. The van der Waals surface area contributed by atoms with Gasteiger partial charge in [0.1, 0.15) is 5.02 Å². The summed E-state index contributed by atoms with van der Waals surface area (Å²) in [5.41, 5.74) is 1.13. The third-order valence-corrected chi connectivity index (χ3v) is 4.91. The molecule has 0 radical (unpaired) electrons. The molecule has 1 aromatic rings. The van der Waals surface area contributed by atoms with Crippen LogP contribution in [0.1, 0.15) is 25.5 Å². The van der Waals surface area contributed by atoms with Crippen molar-refractivity contribution >= 4 is 40.6 Å². The van der Waals surface area contributed by atoms with Crippen LogP contribution in [0, 0.1) is 10.1 Å². The van der Waals surface area contributed by atoms with Gasteiger partial charge in [-0.05, 0) is 37.7 Å². The third kappa shape index (κ3) is 4.20. The number of nitro benzene ring substituents is 1. The number of thiocarbonyl (C=S) groups is 1. The first-order chi connectivity index (χ1) is 12.7. The van der Waals surface area contributed by atoms with E-state index in [4.69, 9.17) is 33.3 Å². The lowest BCUT2D eigenvalue weighted by molar-refractivity contribution is -0.384. The molecule has 0 aliphatic carbocycles. The zero-order chi connectivity index (χ0) is 20.3. The number of nitrogens with one attached hydrogen (secondary N) is 1. The van der Waals surface area contributed by atoms with Crippen LogP contribution in [0.3, 0.4) is 0 Å². The predicted octanol–water partition coefficient (Wildman–Crippen LogP) is 2.96. The largest absolute Gasteiger partial charge is 0.466 e. The fraction of sp³-hybridized carbons (Fsp3) is 0.412. The molecule has 1 aromatic carbocycles. The second-order valence-corrected chi connectivity index (χ2v) is 6.81. The van der Waals surface area contributed by atoms with Gasteiger partial charge in [-0.2, -0.15) is 0 Å². The first kappa shape index (κ1) is 21.1. The molecule has 0 aromatic heterocycles. The van der Waals surface area contributed by atoms with Gasteiger partial charge in [-0.25, -0.2) is 4.79 Å². The maximum atomic E-state index is 12.5. The number of allylic oxidation sites excluding steroid dienone is 1. The van der Waals surface area contributed by atoms with Crippen LogP contribution in [-0.2, 0) is 14.3 Å². The highest BCUT2D eigenvalue weighted by molar-refractivity contribution is 7.80. The molecule has 1 heterocycles. The van der Waals surface area contributed by atoms with E-state index in [2.05, 4.69) is 5.32 Å². The molecule has 0 saturated carbocycles. The third-order valence-electron chi connectivity index (χ3n) is 4.28. The quantitative estimate of drug-likeness (QED) is 0.329. The molecule has 146 valence electrons. The summed E-state index contributed by atoms with van der Waals surface area (Å²) < 4.78 is 10.1. The van der Waals surface area contributed by atoms with Gasteiger partial charge in [0.05, 0.1) is 36.3 Å². The van der Waals surface area contributed by atoms with E-state index in [9.17, 15) is 14.9 Å². The molecule has 0 fully saturated rings. The van der Waals surface area contributed by atoms with Crippen molar-refractivity contribution in [2.24, 2.45) is 0 Å². The number of carbonyl (C=O) groups is 1. The summed E-state index contributed by atoms with van der Waals surface area (Å²) in [6.07, 6.45) is 0. The standard InChI is InChI=1S/C17H20ClN3O5S/c1-9(8-25-3)20-10(2)14(16(22)26-4)15(19-17(20)27)11-5-6-12(18)13(7-11)21(23)24/h5-7,9,15H,8H2,1-4H3,(H,19,27)/t9-,15+/m1/s1. The van der Waals surface area contributed by atoms with E-state index < -0.39 is 16.9 Å². The van der Waals surface area contributed by atoms with Gasteiger partial charge >= 0.3 is 5.97 Å². The topological polar surface area (TPSA) is 93.9 Å². The number of carbonyl (C=O) groups excluding carboxylic acids is 1. The predicted molar refractivity (Wildman–Crippen MR) is 104 cm³/mol. The SMILES string of the molecule is COC[C@@H](C)N1C(=S)N[C@@H](c2ccc(Cl)c([N+](=O)[O-])c2)C(C(=O)OC)=C1C. The van der Waals surface area contributed by atoms with Crippen molar-refractivity contribution in [3.8, 4) is 0 Å². The Bertz CT molecular complexity index is 814. The lowest BCUT2D eigenvalue weighted by atomic mass is 9.94. The van der Waals surface area contributed by atoms with Crippen LogP contribution in [0.25, 0.3) is 0 Å². The van der Waals surface area contributed by atoms with Crippen LogP contribution < -0.4 is 5.32 Å². The zero-order valence-electron chi connectivity index (χ0n) is 15.3. The number of rotatable bonds is 6. The Kier molecular flexibility index (Phi) is 6.74. The second kappa shape index (κ2) is 8.64. The maximum Gasteiger partial charge on any atom is 0.337 e. The van der Waals surface area contributed by atoms with Crippen LogP contribution in [-0.4, -0.2) is 47.8 Å². The van der Waals surface area contributed by atoms with Gasteiger partial charge in [-0.1, -0.05) is 17.7 Å². The monoisotopic (exact) mass is 413 g/mol. The summed E-state index contributed by atoms with van der Waals surface area (Å²) in [5, 5.41) is 14.7. The van der Waals surface area contributed by atoms with Crippen LogP contribution in [0.15, 0.2) is 29.5 Å². The molecule has 2 atom stereocenters. The summed E-state index contributed by atoms with van der Waals surface area (Å²) in [5.74, 6) is -0.556. The first-order valence-electron chi connectivity index (χ1n) is 8.04. The molecular weight excluding hydrogens is 394 g/mol. The number of nitro groups is 1. The molecule has 1 aliphatic heterocycles. The number of halogens is 1. The molecule has 1 aliphatic rings. The molecule has 0 unspecified atom stereocenters. The minimum atomic E-state index is -0.702. The van der Waals surface area contributed by atoms with Gasteiger partial charge in [0, 0.05) is 18.9 Å². The van der Waals surface area contributed by atoms with E-state index in [1.54, 1.807) is 25.0 Å². The van der Waals surface area contributed by atoms with E-state index >= 15 is 0 Å². The molecular formula is C17H20ClN3O5S. The molecule has 0 amide bonds. The van der Waals surface area contributed by atoms with Crippen molar-refractivity contribution in [3.63, 3.8) is 0 Å². The van der Waals surface area contributed by atoms with Gasteiger partial charge in [-0.3, -0.25) is 10.1 Å². The van der Waals surface area contributed by atoms with Crippen LogP contribution in [0.2, 0.25) is 5.02 Å². The normalized spacial score (nSPS) is 18.2. The molecule has 0 bridgehead atoms. The number of esters is 1. The highest BCUT2D eigenvalue weighted by atomic mass is 35.5. The molecule has 1 N–H and O–H groups in total. The Morgan fingerprint density at radius 3 is 2.70 bits per heavy atom. The molecule has 0 saturated heterocycles. The Balaban J connectivity index is 2.60. The summed E-state index contributed by atoms with van der Waals surface area (Å²) >= 11 is 11.4. The Morgan fingerprint density at radius 2 is 2.15 bits per heavy atom. The van der Waals surface area contributed by atoms with Crippen molar-refractivity contribution in [2.45, 2.75) is 25.9 Å². The second-order valence-electron chi connectivity index (χ2n) is 6.02. The van der Waals surface area contributed by atoms with E-state index in [0.29, 0.717) is 28.6 Å². The lowest BCUT2D eigenvalue weighted by Gasteiger charge is -2.40. The van der Waals surface area contributed by atoms with Crippen molar-refractivity contribution in [2.75, 3.05) is 20.8 Å². The number of hydrogen-bond acceptors (Lipinski definition) is 6.